The minimum absolute atomic E-state index is 0.0101. The Bertz CT molecular complexity index is 564. The topological polar surface area (TPSA) is 57.5 Å². The molecule has 4 aliphatic carbocycles. The van der Waals surface area contributed by atoms with Crippen molar-refractivity contribution in [2.45, 2.75) is 38.5 Å². The number of benzene rings is 1. The van der Waals surface area contributed by atoms with Gasteiger partial charge in [-0.2, -0.15) is 0 Å². The fourth-order valence-electron chi connectivity index (χ4n) is 5.46. The van der Waals surface area contributed by atoms with Gasteiger partial charge in [0.05, 0.1) is 10.6 Å². The lowest BCUT2D eigenvalue weighted by Gasteiger charge is -2.56. The molecule has 0 spiro atoms. The van der Waals surface area contributed by atoms with Crippen LogP contribution in [-0.2, 0) is 0 Å². The number of hydrogen-bond donors (Lipinski definition) is 2. The van der Waals surface area contributed by atoms with Gasteiger partial charge in [-0.3, -0.25) is 4.79 Å². The Morgan fingerprint density at radius 3 is 2.05 bits per heavy atom. The maximum absolute atomic E-state index is 13.1. The SMILES string of the molecule is O=C(c1c(O)cc(O)cc1Cl)C12CC3CC(CC(C3)C1)C2. The highest BCUT2D eigenvalue weighted by molar-refractivity contribution is 6.34. The molecular weight excluding hydrogens is 288 g/mol. The largest absolute Gasteiger partial charge is 0.508 e. The van der Waals surface area contributed by atoms with E-state index in [-0.39, 0.29) is 33.3 Å². The number of rotatable bonds is 2. The molecule has 3 nitrogen and oxygen atoms in total. The number of carbonyl (C=O) groups is 1. The number of carbonyl (C=O) groups excluding carboxylic acids is 1. The molecule has 21 heavy (non-hydrogen) atoms. The predicted molar refractivity (Wildman–Crippen MR) is 79.7 cm³/mol. The molecule has 4 heteroatoms. The summed E-state index contributed by atoms with van der Waals surface area (Å²) >= 11 is 6.13. The molecule has 0 radical (unpaired) electrons. The van der Waals surface area contributed by atoms with Crippen LogP contribution in [0, 0.1) is 23.2 Å². The molecule has 0 saturated heterocycles. The van der Waals surface area contributed by atoms with Gasteiger partial charge in [0.2, 0.25) is 0 Å². The van der Waals surface area contributed by atoms with Gasteiger partial charge in [-0.1, -0.05) is 11.6 Å². The van der Waals surface area contributed by atoms with E-state index in [0.29, 0.717) is 17.8 Å². The highest BCUT2D eigenvalue weighted by atomic mass is 35.5. The second kappa shape index (κ2) is 4.39. The van der Waals surface area contributed by atoms with Crippen LogP contribution in [0.3, 0.4) is 0 Å². The van der Waals surface area contributed by atoms with E-state index in [9.17, 15) is 15.0 Å². The van der Waals surface area contributed by atoms with E-state index in [1.807, 2.05) is 0 Å². The Morgan fingerprint density at radius 2 is 1.57 bits per heavy atom. The first-order chi connectivity index (χ1) is 9.97. The zero-order chi connectivity index (χ0) is 14.8. The van der Waals surface area contributed by atoms with Gasteiger partial charge in [-0.05, 0) is 62.3 Å². The molecule has 112 valence electrons. The average Bonchev–Trinajstić information content (AvgIpc) is 2.35. The minimum Gasteiger partial charge on any atom is -0.508 e. The van der Waals surface area contributed by atoms with E-state index in [1.54, 1.807) is 0 Å². The lowest BCUT2D eigenvalue weighted by Crippen LogP contribution is -2.50. The molecule has 0 atom stereocenters. The maximum atomic E-state index is 13.1. The molecule has 4 bridgehead atoms. The van der Waals surface area contributed by atoms with E-state index in [1.165, 1.54) is 31.4 Å². The summed E-state index contributed by atoms with van der Waals surface area (Å²) in [6.07, 6.45) is 6.61. The summed E-state index contributed by atoms with van der Waals surface area (Å²) in [6.45, 7) is 0. The predicted octanol–water partition coefficient (Wildman–Crippen LogP) is 4.15. The highest BCUT2D eigenvalue weighted by Gasteiger charge is 2.55. The quantitative estimate of drug-likeness (QED) is 0.807. The third-order valence-electron chi connectivity index (χ3n) is 5.80. The molecule has 4 saturated carbocycles. The van der Waals surface area contributed by atoms with Crippen molar-refractivity contribution in [1.29, 1.82) is 0 Å². The molecule has 2 N–H and O–H groups in total. The van der Waals surface area contributed by atoms with E-state index in [4.69, 9.17) is 11.6 Å². The number of ketones is 1. The standard InChI is InChI=1S/C17H19ClO3/c18-13-4-12(19)5-14(20)15(13)16(21)17-6-9-1-10(7-17)3-11(2-9)8-17/h4-5,9-11,19-20H,1-3,6-8H2. The van der Waals surface area contributed by atoms with Gasteiger partial charge in [0, 0.05) is 11.5 Å². The van der Waals surface area contributed by atoms with Crippen molar-refractivity contribution in [2.75, 3.05) is 0 Å². The molecule has 1 aromatic carbocycles. The molecule has 4 aliphatic rings. The maximum Gasteiger partial charge on any atom is 0.174 e. The van der Waals surface area contributed by atoms with E-state index < -0.39 is 0 Å². The second-order valence-electron chi connectivity index (χ2n) is 7.35. The number of halogens is 1. The molecule has 0 amide bonds. The lowest BCUT2D eigenvalue weighted by atomic mass is 9.48. The zero-order valence-electron chi connectivity index (χ0n) is 11.8. The van der Waals surface area contributed by atoms with Gasteiger partial charge in [-0.25, -0.2) is 0 Å². The summed E-state index contributed by atoms with van der Waals surface area (Å²) in [5.41, 5.74) is -0.122. The highest BCUT2D eigenvalue weighted by Crippen LogP contribution is 2.61. The molecule has 0 heterocycles. The molecule has 0 aromatic heterocycles. The van der Waals surface area contributed by atoms with Crippen molar-refractivity contribution >= 4 is 17.4 Å². The number of Topliss-reactive ketones (excluding diaryl/α,β-unsaturated/α-hetero) is 1. The van der Waals surface area contributed by atoms with Gasteiger partial charge in [-0.15, -0.1) is 0 Å². The fraction of sp³-hybridized carbons (Fsp3) is 0.588. The molecule has 0 unspecified atom stereocenters. The first-order valence-corrected chi connectivity index (χ1v) is 8.11. The molecule has 0 aliphatic heterocycles. The minimum atomic E-state index is -0.327. The van der Waals surface area contributed by atoms with E-state index in [2.05, 4.69) is 0 Å². The van der Waals surface area contributed by atoms with Crippen molar-refractivity contribution in [3.05, 3.63) is 22.7 Å². The van der Waals surface area contributed by atoms with Gasteiger partial charge < -0.3 is 10.2 Å². The summed E-state index contributed by atoms with van der Waals surface area (Å²) < 4.78 is 0. The summed E-state index contributed by atoms with van der Waals surface area (Å²) in [6, 6.07) is 2.55. The normalized spacial score (nSPS) is 36.9. The molecule has 1 aromatic rings. The first kappa shape index (κ1) is 13.4. The van der Waals surface area contributed by atoms with Crippen LogP contribution in [0.2, 0.25) is 5.02 Å². The number of hydrogen-bond acceptors (Lipinski definition) is 3. The monoisotopic (exact) mass is 306 g/mol. The third kappa shape index (κ3) is 1.97. The number of aromatic hydroxyl groups is 2. The van der Waals surface area contributed by atoms with Crippen LogP contribution in [0.25, 0.3) is 0 Å². The number of phenols is 2. The van der Waals surface area contributed by atoms with Crippen molar-refractivity contribution in [3.8, 4) is 11.5 Å². The van der Waals surface area contributed by atoms with Crippen LogP contribution in [0.15, 0.2) is 12.1 Å². The summed E-state index contributed by atoms with van der Waals surface area (Å²) in [5.74, 6) is 1.68. The van der Waals surface area contributed by atoms with Crippen molar-refractivity contribution in [1.82, 2.24) is 0 Å². The Balaban J connectivity index is 1.75. The van der Waals surface area contributed by atoms with Crippen LogP contribution < -0.4 is 0 Å². The first-order valence-electron chi connectivity index (χ1n) is 7.73. The molecule has 4 fully saturated rings. The average molecular weight is 307 g/mol. The van der Waals surface area contributed by atoms with Crippen molar-refractivity contribution in [3.63, 3.8) is 0 Å². The van der Waals surface area contributed by atoms with Gasteiger partial charge in [0.1, 0.15) is 11.5 Å². The van der Waals surface area contributed by atoms with Gasteiger partial charge >= 0.3 is 0 Å². The second-order valence-corrected chi connectivity index (χ2v) is 7.76. The zero-order valence-corrected chi connectivity index (χ0v) is 12.6. The fourth-order valence-corrected chi connectivity index (χ4v) is 5.75. The Kier molecular flexibility index (Phi) is 2.81. The Hall–Kier alpha value is -1.22. The van der Waals surface area contributed by atoms with Crippen LogP contribution in [0.4, 0.5) is 0 Å². The van der Waals surface area contributed by atoms with E-state index >= 15 is 0 Å². The third-order valence-corrected chi connectivity index (χ3v) is 6.10. The number of phenolic OH excluding ortho intramolecular Hbond substituents is 2. The summed E-state index contributed by atoms with van der Waals surface area (Å²) in [4.78, 5) is 13.1. The lowest BCUT2D eigenvalue weighted by molar-refractivity contribution is -0.0354. The van der Waals surface area contributed by atoms with E-state index in [0.717, 1.165) is 19.3 Å². The smallest absolute Gasteiger partial charge is 0.174 e. The summed E-state index contributed by atoms with van der Waals surface area (Å²) in [5, 5.41) is 19.7. The molecular formula is C17H19ClO3. The molecule has 5 rings (SSSR count). The van der Waals surface area contributed by atoms with Crippen LogP contribution in [-0.4, -0.2) is 16.0 Å². The Labute approximate surface area is 128 Å². The summed E-state index contributed by atoms with van der Waals surface area (Å²) in [7, 11) is 0. The van der Waals surface area contributed by atoms with Gasteiger partial charge in [0.15, 0.2) is 5.78 Å². The van der Waals surface area contributed by atoms with Crippen LogP contribution in [0.5, 0.6) is 11.5 Å². The van der Waals surface area contributed by atoms with Crippen molar-refractivity contribution < 1.29 is 15.0 Å². The van der Waals surface area contributed by atoms with Crippen molar-refractivity contribution in [2.24, 2.45) is 23.2 Å². The Morgan fingerprint density at radius 1 is 1.05 bits per heavy atom. The van der Waals surface area contributed by atoms with Gasteiger partial charge in [0.25, 0.3) is 0 Å². The van der Waals surface area contributed by atoms with Crippen LogP contribution in [0.1, 0.15) is 48.9 Å². The van der Waals surface area contributed by atoms with Crippen LogP contribution >= 0.6 is 11.6 Å².